The Morgan fingerprint density at radius 1 is 0.500 bits per heavy atom. The minimum atomic E-state index is 0.879. The number of nitrogens with zero attached hydrogens (tertiary/aromatic N) is 2. The number of rotatable bonds is 5. The average molecular weight is 541 g/mol. The second-order valence-electron chi connectivity index (χ2n) is 10.7. The number of benzene rings is 6. The maximum absolute atomic E-state index is 6.44. The summed E-state index contributed by atoms with van der Waals surface area (Å²) in [7, 11) is 2.12. The Hall–Kier alpha value is -5.54. The molecule has 0 spiro atoms. The van der Waals surface area contributed by atoms with Crippen LogP contribution in [0.5, 0.6) is 0 Å². The molecule has 0 bridgehead atoms. The Morgan fingerprint density at radius 3 is 1.74 bits per heavy atom. The molecule has 0 radical (unpaired) electrons. The van der Waals surface area contributed by atoms with Gasteiger partial charge in [0.15, 0.2) is 0 Å². The number of hydrogen-bond donors (Lipinski definition) is 0. The summed E-state index contributed by atoms with van der Waals surface area (Å²) in [4.78, 5) is 2.22. The molecule has 6 aromatic carbocycles. The van der Waals surface area contributed by atoms with Crippen molar-refractivity contribution in [2.75, 3.05) is 11.9 Å². The molecule has 200 valence electrons. The van der Waals surface area contributed by atoms with Gasteiger partial charge in [0, 0.05) is 34.9 Å². The average Bonchev–Trinajstić information content (AvgIpc) is 3.59. The van der Waals surface area contributed by atoms with Crippen LogP contribution in [-0.2, 0) is 0 Å². The molecular formula is C39H28N2O. The number of furan rings is 1. The van der Waals surface area contributed by atoms with Gasteiger partial charge in [0.25, 0.3) is 0 Å². The molecule has 2 heterocycles. The summed E-state index contributed by atoms with van der Waals surface area (Å²) in [5.41, 5.74) is 11.1. The third kappa shape index (κ3) is 3.98. The fraction of sp³-hybridized carbons (Fsp3) is 0.0256. The van der Waals surface area contributed by atoms with Gasteiger partial charge in [-0.25, -0.2) is 0 Å². The van der Waals surface area contributed by atoms with E-state index in [2.05, 4.69) is 144 Å². The van der Waals surface area contributed by atoms with Gasteiger partial charge in [0.1, 0.15) is 5.58 Å². The first-order valence-corrected chi connectivity index (χ1v) is 14.3. The van der Waals surface area contributed by atoms with Crippen LogP contribution in [0, 0.1) is 0 Å². The van der Waals surface area contributed by atoms with Crippen LogP contribution < -0.4 is 4.90 Å². The molecule has 0 N–H and O–H groups in total. The fourth-order valence-corrected chi connectivity index (χ4v) is 6.04. The lowest BCUT2D eigenvalue weighted by Gasteiger charge is -2.20. The maximum Gasteiger partial charge on any atom is 0.213 e. The lowest BCUT2D eigenvalue weighted by molar-refractivity contribution is 0.645. The van der Waals surface area contributed by atoms with E-state index in [1.807, 2.05) is 24.3 Å². The molecule has 0 aliphatic heterocycles. The monoisotopic (exact) mass is 540 g/mol. The molecule has 8 aromatic rings. The van der Waals surface area contributed by atoms with Crippen molar-refractivity contribution >= 4 is 44.3 Å². The molecule has 0 fully saturated rings. The predicted octanol–water partition coefficient (Wildman–Crippen LogP) is 10.6. The summed E-state index contributed by atoms with van der Waals surface area (Å²) in [5, 5.41) is 3.49. The number of anilines is 2. The molecule has 2 aromatic heterocycles. The number of aromatic nitrogens is 1. The van der Waals surface area contributed by atoms with Crippen molar-refractivity contribution in [1.29, 1.82) is 0 Å². The molecule has 0 atom stereocenters. The van der Waals surface area contributed by atoms with E-state index < -0.39 is 0 Å². The molecular weight excluding hydrogens is 512 g/mol. The van der Waals surface area contributed by atoms with Gasteiger partial charge in [-0.05, 0) is 70.8 Å². The van der Waals surface area contributed by atoms with Crippen LogP contribution in [0.3, 0.4) is 0 Å². The topological polar surface area (TPSA) is 21.3 Å². The molecule has 0 unspecified atom stereocenters. The summed E-state index contributed by atoms with van der Waals surface area (Å²) in [5.74, 6) is 0. The highest BCUT2D eigenvalue weighted by Gasteiger charge is 2.19. The molecule has 3 nitrogen and oxygen atoms in total. The maximum atomic E-state index is 6.44. The van der Waals surface area contributed by atoms with Crippen molar-refractivity contribution in [2.24, 2.45) is 0 Å². The molecule has 0 saturated carbocycles. The highest BCUT2D eigenvalue weighted by Crippen LogP contribution is 2.40. The van der Waals surface area contributed by atoms with Crippen LogP contribution in [0.25, 0.3) is 60.9 Å². The van der Waals surface area contributed by atoms with Gasteiger partial charge in [0.2, 0.25) is 5.71 Å². The quantitative estimate of drug-likeness (QED) is 0.216. The van der Waals surface area contributed by atoms with Crippen molar-refractivity contribution in [2.45, 2.75) is 0 Å². The first-order chi connectivity index (χ1) is 20.7. The Balaban J connectivity index is 1.16. The largest absolute Gasteiger partial charge is 0.439 e. The van der Waals surface area contributed by atoms with E-state index in [1.54, 1.807) is 0 Å². The van der Waals surface area contributed by atoms with E-state index in [4.69, 9.17) is 4.42 Å². The number of hydrogen-bond acceptors (Lipinski definition) is 2. The Bertz CT molecular complexity index is 2170. The van der Waals surface area contributed by atoms with Crippen LogP contribution in [0.2, 0.25) is 0 Å². The van der Waals surface area contributed by atoms with Gasteiger partial charge < -0.3 is 9.32 Å². The van der Waals surface area contributed by atoms with Crippen molar-refractivity contribution < 1.29 is 4.42 Å². The number of para-hydroxylation sites is 2. The first-order valence-electron chi connectivity index (χ1n) is 14.3. The van der Waals surface area contributed by atoms with E-state index in [0.717, 1.165) is 44.6 Å². The molecule has 0 saturated heterocycles. The smallest absolute Gasteiger partial charge is 0.213 e. The zero-order chi connectivity index (χ0) is 28.0. The molecule has 0 aliphatic rings. The molecule has 8 rings (SSSR count). The van der Waals surface area contributed by atoms with Gasteiger partial charge in [-0.1, -0.05) is 103 Å². The van der Waals surface area contributed by atoms with Crippen molar-refractivity contribution in [1.82, 2.24) is 4.57 Å². The van der Waals surface area contributed by atoms with Crippen LogP contribution in [-0.4, -0.2) is 11.6 Å². The molecule has 0 aliphatic carbocycles. The summed E-state index contributed by atoms with van der Waals surface area (Å²) in [6.07, 6.45) is 0. The van der Waals surface area contributed by atoms with E-state index in [9.17, 15) is 0 Å². The van der Waals surface area contributed by atoms with Crippen LogP contribution >= 0.6 is 0 Å². The number of fused-ring (bicyclic) bond motifs is 5. The summed E-state index contributed by atoms with van der Waals surface area (Å²) < 4.78 is 8.69. The van der Waals surface area contributed by atoms with Crippen LogP contribution in [0.15, 0.2) is 156 Å². The fourth-order valence-electron chi connectivity index (χ4n) is 6.04. The second kappa shape index (κ2) is 9.83. The van der Waals surface area contributed by atoms with Gasteiger partial charge in [-0.3, -0.25) is 4.57 Å². The third-order valence-electron chi connectivity index (χ3n) is 8.25. The van der Waals surface area contributed by atoms with E-state index in [1.165, 1.54) is 27.6 Å². The Kier molecular flexibility index (Phi) is 5.68. The van der Waals surface area contributed by atoms with E-state index in [0.29, 0.717) is 0 Å². The summed E-state index contributed by atoms with van der Waals surface area (Å²) in [6, 6.07) is 53.5. The van der Waals surface area contributed by atoms with E-state index in [-0.39, 0.29) is 0 Å². The van der Waals surface area contributed by atoms with Gasteiger partial charge in [-0.2, -0.15) is 0 Å². The van der Waals surface area contributed by atoms with Crippen molar-refractivity contribution in [3.8, 4) is 27.9 Å². The lowest BCUT2D eigenvalue weighted by atomic mass is 10.0. The molecule has 3 heteroatoms. The summed E-state index contributed by atoms with van der Waals surface area (Å²) in [6.45, 7) is 0. The minimum Gasteiger partial charge on any atom is -0.439 e. The van der Waals surface area contributed by atoms with Crippen LogP contribution in [0.1, 0.15) is 0 Å². The Morgan fingerprint density at radius 2 is 1.05 bits per heavy atom. The SMILES string of the molecule is CN(c1ccc(-c2ccccc2)cc1)c1ccc(-c2ccc3c4c5ccccc5oc4n(-c4ccccc4)c3c2)cc1. The molecule has 42 heavy (non-hydrogen) atoms. The molecule has 0 amide bonds. The Labute approximate surface area is 244 Å². The van der Waals surface area contributed by atoms with Crippen molar-refractivity contribution in [3.05, 3.63) is 152 Å². The van der Waals surface area contributed by atoms with E-state index >= 15 is 0 Å². The van der Waals surface area contributed by atoms with Crippen molar-refractivity contribution in [3.63, 3.8) is 0 Å². The third-order valence-corrected chi connectivity index (χ3v) is 8.25. The normalized spacial score (nSPS) is 11.5. The zero-order valence-electron chi connectivity index (χ0n) is 23.2. The second-order valence-corrected chi connectivity index (χ2v) is 10.7. The highest BCUT2D eigenvalue weighted by molar-refractivity contribution is 6.20. The highest BCUT2D eigenvalue weighted by atomic mass is 16.3. The lowest BCUT2D eigenvalue weighted by Crippen LogP contribution is -2.08. The predicted molar refractivity (Wildman–Crippen MR) is 176 cm³/mol. The standard InChI is InChI=1S/C39H28N2O/c1-40(31-21-16-28(17-22-31)27-10-4-2-5-11-27)32-23-18-29(19-24-32)30-20-25-34-36(26-30)41(33-12-6-3-7-13-33)39-38(34)35-14-8-9-15-37(35)42-39/h2-26H,1H3. The van der Waals surface area contributed by atoms with Gasteiger partial charge >= 0.3 is 0 Å². The first kappa shape index (κ1) is 24.3. The summed E-state index contributed by atoms with van der Waals surface area (Å²) >= 11 is 0. The van der Waals surface area contributed by atoms with Gasteiger partial charge in [-0.15, -0.1) is 0 Å². The minimum absolute atomic E-state index is 0.879. The van der Waals surface area contributed by atoms with Crippen LogP contribution in [0.4, 0.5) is 11.4 Å². The van der Waals surface area contributed by atoms with Gasteiger partial charge in [0.05, 0.1) is 10.9 Å². The zero-order valence-corrected chi connectivity index (χ0v) is 23.2.